The fourth-order valence-corrected chi connectivity index (χ4v) is 2.63. The lowest BCUT2D eigenvalue weighted by molar-refractivity contribution is 0.343. The third-order valence-electron chi connectivity index (χ3n) is 3.01. The van der Waals surface area contributed by atoms with Gasteiger partial charge >= 0.3 is 0 Å². The van der Waals surface area contributed by atoms with Gasteiger partial charge in [0.05, 0.1) is 0 Å². The minimum absolute atomic E-state index is 0.574. The number of nitrogens with zero attached hydrogens (tertiary/aromatic N) is 2. The second-order valence-corrected chi connectivity index (χ2v) is 4.79. The Bertz CT molecular complexity index is 302. The third kappa shape index (κ3) is 1.08. The highest BCUT2D eigenvalue weighted by atomic mass is 127. The number of fused-ring (bicyclic) bond motifs is 1. The van der Waals surface area contributed by atoms with Crippen molar-refractivity contribution in [3.8, 4) is 0 Å². The summed E-state index contributed by atoms with van der Waals surface area (Å²) in [7, 11) is 0. The van der Waals surface area contributed by atoms with Crippen LogP contribution in [0, 0.1) is 15.7 Å². The highest BCUT2D eigenvalue weighted by molar-refractivity contribution is 14.1. The van der Waals surface area contributed by atoms with Gasteiger partial charge in [0.1, 0.15) is 0 Å². The van der Waals surface area contributed by atoms with Crippen LogP contribution in [0.3, 0.4) is 0 Å². The van der Waals surface area contributed by atoms with E-state index in [0.717, 1.165) is 21.6 Å². The summed E-state index contributed by atoms with van der Waals surface area (Å²) in [5, 5.41) is 3.80. The molecular formula is C8H9IN2O. The molecule has 1 aromatic rings. The first-order valence-corrected chi connectivity index (χ1v) is 5.40. The Morgan fingerprint density at radius 1 is 1.25 bits per heavy atom. The molecule has 2 fully saturated rings. The van der Waals surface area contributed by atoms with Gasteiger partial charge in [0.15, 0.2) is 0 Å². The Kier molecular flexibility index (Phi) is 1.48. The van der Waals surface area contributed by atoms with Crippen LogP contribution in [0.2, 0.25) is 0 Å². The maximum absolute atomic E-state index is 5.15. The zero-order valence-electron chi connectivity index (χ0n) is 6.53. The maximum atomic E-state index is 5.15. The van der Waals surface area contributed by atoms with Crippen LogP contribution in [-0.2, 0) is 0 Å². The van der Waals surface area contributed by atoms with Crippen LogP contribution in [0.5, 0.6) is 0 Å². The molecule has 0 aliphatic heterocycles. The first kappa shape index (κ1) is 7.29. The Labute approximate surface area is 84.1 Å². The molecule has 0 amide bonds. The molecule has 2 aliphatic carbocycles. The Morgan fingerprint density at radius 3 is 2.58 bits per heavy atom. The molecule has 0 spiro atoms. The summed E-state index contributed by atoms with van der Waals surface area (Å²) in [4.78, 5) is 4.26. The smallest absolute Gasteiger partial charge is 0.232 e. The minimum atomic E-state index is 0.574. The molecule has 2 unspecified atom stereocenters. The second kappa shape index (κ2) is 2.43. The average molecular weight is 276 g/mol. The molecule has 0 radical (unpaired) electrons. The molecule has 2 saturated carbocycles. The van der Waals surface area contributed by atoms with Crippen LogP contribution in [-0.4, -0.2) is 10.1 Å². The van der Waals surface area contributed by atoms with Gasteiger partial charge in [-0.25, -0.2) is 0 Å². The number of hydrogen-bond donors (Lipinski definition) is 0. The van der Waals surface area contributed by atoms with E-state index in [1.807, 2.05) is 0 Å². The SMILES string of the molecule is Ic1noc(C2CC3CC3C2)n1. The summed E-state index contributed by atoms with van der Waals surface area (Å²) in [5.74, 6) is 3.41. The number of hydrogen-bond acceptors (Lipinski definition) is 3. The summed E-state index contributed by atoms with van der Waals surface area (Å²) in [5.41, 5.74) is 0. The molecule has 0 bridgehead atoms. The predicted octanol–water partition coefficient (Wildman–Crippen LogP) is 2.19. The zero-order valence-corrected chi connectivity index (χ0v) is 8.69. The van der Waals surface area contributed by atoms with E-state index in [0.29, 0.717) is 5.92 Å². The number of rotatable bonds is 1. The molecular weight excluding hydrogens is 267 g/mol. The molecule has 64 valence electrons. The summed E-state index contributed by atoms with van der Waals surface area (Å²) >= 11 is 2.09. The van der Waals surface area contributed by atoms with Crippen LogP contribution in [0.25, 0.3) is 0 Å². The molecule has 1 heterocycles. The predicted molar refractivity (Wildman–Crippen MR) is 50.6 cm³/mol. The van der Waals surface area contributed by atoms with Crippen molar-refractivity contribution in [1.29, 1.82) is 0 Å². The molecule has 1 aromatic heterocycles. The fraction of sp³-hybridized carbons (Fsp3) is 0.750. The van der Waals surface area contributed by atoms with Gasteiger partial charge in [-0.05, 0) is 31.1 Å². The number of halogens is 1. The van der Waals surface area contributed by atoms with Crippen molar-refractivity contribution in [3.63, 3.8) is 0 Å². The van der Waals surface area contributed by atoms with Crippen molar-refractivity contribution in [2.45, 2.75) is 25.2 Å². The van der Waals surface area contributed by atoms with E-state index in [-0.39, 0.29) is 0 Å². The van der Waals surface area contributed by atoms with Gasteiger partial charge in [0.25, 0.3) is 0 Å². The monoisotopic (exact) mass is 276 g/mol. The van der Waals surface area contributed by atoms with Gasteiger partial charge in [-0.3, -0.25) is 0 Å². The molecule has 3 rings (SSSR count). The highest BCUT2D eigenvalue weighted by Gasteiger charge is 2.47. The maximum Gasteiger partial charge on any atom is 0.232 e. The van der Waals surface area contributed by atoms with Crippen molar-refractivity contribution in [2.24, 2.45) is 11.8 Å². The molecule has 12 heavy (non-hydrogen) atoms. The molecule has 3 nitrogen and oxygen atoms in total. The first-order valence-electron chi connectivity index (χ1n) is 4.32. The van der Waals surface area contributed by atoms with E-state index < -0.39 is 0 Å². The summed E-state index contributed by atoms with van der Waals surface area (Å²) in [6.45, 7) is 0. The quantitative estimate of drug-likeness (QED) is 0.738. The van der Waals surface area contributed by atoms with Crippen molar-refractivity contribution in [1.82, 2.24) is 10.1 Å². The summed E-state index contributed by atoms with van der Waals surface area (Å²) < 4.78 is 5.89. The molecule has 0 aromatic carbocycles. The van der Waals surface area contributed by atoms with E-state index in [9.17, 15) is 0 Å². The molecule has 0 N–H and O–H groups in total. The Balaban J connectivity index is 1.81. The lowest BCUT2D eigenvalue weighted by atomic mass is 10.0. The lowest BCUT2D eigenvalue weighted by Crippen LogP contribution is -1.95. The largest absolute Gasteiger partial charge is 0.338 e. The highest BCUT2D eigenvalue weighted by Crippen LogP contribution is 2.57. The standard InChI is InChI=1S/C8H9IN2O/c9-8-10-7(12-11-8)6-2-4-1-5(4)3-6/h4-6H,1-3H2. The topological polar surface area (TPSA) is 38.9 Å². The molecule has 2 aliphatic rings. The number of aromatic nitrogens is 2. The van der Waals surface area contributed by atoms with Gasteiger partial charge in [0.2, 0.25) is 9.72 Å². The lowest BCUT2D eigenvalue weighted by Gasteiger charge is -2.03. The Morgan fingerprint density at radius 2 is 2.00 bits per heavy atom. The average Bonchev–Trinajstić information content (AvgIpc) is 2.49. The van der Waals surface area contributed by atoms with Crippen LogP contribution < -0.4 is 0 Å². The van der Waals surface area contributed by atoms with Gasteiger partial charge in [-0.1, -0.05) is 5.16 Å². The van der Waals surface area contributed by atoms with Gasteiger partial charge in [-0.15, -0.1) is 0 Å². The van der Waals surface area contributed by atoms with E-state index >= 15 is 0 Å². The normalized spacial score (nSPS) is 38.2. The van der Waals surface area contributed by atoms with Gasteiger partial charge < -0.3 is 4.52 Å². The fourth-order valence-electron chi connectivity index (χ4n) is 2.30. The minimum Gasteiger partial charge on any atom is -0.338 e. The van der Waals surface area contributed by atoms with Gasteiger partial charge in [0, 0.05) is 28.5 Å². The van der Waals surface area contributed by atoms with Crippen LogP contribution in [0.1, 0.15) is 31.1 Å². The van der Waals surface area contributed by atoms with E-state index in [1.54, 1.807) is 0 Å². The van der Waals surface area contributed by atoms with Crippen molar-refractivity contribution < 1.29 is 4.52 Å². The van der Waals surface area contributed by atoms with Crippen LogP contribution >= 0.6 is 22.6 Å². The summed E-state index contributed by atoms with van der Waals surface area (Å²) in [6.07, 6.45) is 4.01. The second-order valence-electron chi connectivity index (χ2n) is 3.83. The van der Waals surface area contributed by atoms with E-state index in [4.69, 9.17) is 4.52 Å². The van der Waals surface area contributed by atoms with Crippen molar-refractivity contribution >= 4 is 22.6 Å². The van der Waals surface area contributed by atoms with Crippen LogP contribution in [0.4, 0.5) is 0 Å². The van der Waals surface area contributed by atoms with E-state index in [1.165, 1.54) is 19.3 Å². The summed E-state index contributed by atoms with van der Waals surface area (Å²) in [6, 6.07) is 0. The zero-order chi connectivity index (χ0) is 8.13. The molecule has 0 saturated heterocycles. The Hall–Kier alpha value is -0.130. The molecule has 2 atom stereocenters. The van der Waals surface area contributed by atoms with Gasteiger partial charge in [-0.2, -0.15) is 4.98 Å². The van der Waals surface area contributed by atoms with Crippen molar-refractivity contribution in [3.05, 3.63) is 9.72 Å². The van der Waals surface area contributed by atoms with Crippen molar-refractivity contribution in [2.75, 3.05) is 0 Å². The third-order valence-corrected chi connectivity index (χ3v) is 3.45. The van der Waals surface area contributed by atoms with Crippen LogP contribution in [0.15, 0.2) is 4.52 Å². The first-order chi connectivity index (χ1) is 5.83. The van der Waals surface area contributed by atoms with E-state index in [2.05, 4.69) is 32.7 Å². The molecule has 4 heteroatoms.